The summed E-state index contributed by atoms with van der Waals surface area (Å²) in [6.45, 7) is 1.47. The van der Waals surface area contributed by atoms with E-state index in [2.05, 4.69) is 0 Å². The maximum Gasteiger partial charge on any atom is 0.168 e. The van der Waals surface area contributed by atoms with Crippen LogP contribution in [0.5, 0.6) is 0 Å². The second-order valence-corrected chi connectivity index (χ2v) is 2.94. The van der Waals surface area contributed by atoms with Crippen molar-refractivity contribution in [1.82, 2.24) is 5.48 Å². The number of hydroxylamine groups is 1. The molecule has 1 aromatic heterocycles. The molecule has 0 radical (unpaired) electrons. The predicted molar refractivity (Wildman–Crippen MR) is 42.1 cm³/mol. The van der Waals surface area contributed by atoms with Crippen LogP contribution in [0.15, 0.2) is 24.5 Å². The van der Waals surface area contributed by atoms with Crippen molar-refractivity contribution in [2.45, 2.75) is 12.6 Å². The van der Waals surface area contributed by atoms with E-state index in [4.69, 9.17) is 5.21 Å². The van der Waals surface area contributed by atoms with Crippen LogP contribution in [0.1, 0.15) is 12.5 Å². The summed E-state index contributed by atoms with van der Waals surface area (Å²) in [6.07, 6.45) is 3.59. The normalized spacial score (nSPS) is 15.7. The molecule has 0 saturated carbocycles. The maximum absolute atomic E-state index is 9.52. The Balaban J connectivity index is 2.96. The molecule has 1 atom stereocenters. The van der Waals surface area contributed by atoms with E-state index in [1.165, 1.54) is 6.92 Å². The van der Waals surface area contributed by atoms with Gasteiger partial charge in [-0.05, 0) is 6.92 Å². The van der Waals surface area contributed by atoms with Crippen molar-refractivity contribution in [3.05, 3.63) is 30.1 Å². The van der Waals surface area contributed by atoms with Crippen LogP contribution in [0.3, 0.4) is 0 Å². The Morgan fingerprint density at radius 2 is 1.92 bits per heavy atom. The van der Waals surface area contributed by atoms with E-state index in [9.17, 15) is 5.11 Å². The van der Waals surface area contributed by atoms with Crippen molar-refractivity contribution in [2.75, 3.05) is 0 Å². The molecule has 1 heterocycles. The van der Waals surface area contributed by atoms with E-state index < -0.39 is 5.72 Å². The molecule has 1 unspecified atom stereocenters. The molecule has 66 valence electrons. The zero-order valence-electron chi connectivity index (χ0n) is 7.15. The summed E-state index contributed by atoms with van der Waals surface area (Å²) in [6, 6.07) is 3.45. The second kappa shape index (κ2) is 3.18. The number of aryl methyl sites for hydroxylation is 1. The van der Waals surface area contributed by atoms with Gasteiger partial charge in [0.15, 0.2) is 18.1 Å². The average molecular weight is 169 g/mol. The summed E-state index contributed by atoms with van der Waals surface area (Å²) in [4.78, 5) is 0. The quantitative estimate of drug-likeness (QED) is 0.322. The number of nitrogens with zero attached hydrogens (tertiary/aromatic N) is 1. The van der Waals surface area contributed by atoms with Crippen molar-refractivity contribution < 1.29 is 14.9 Å². The lowest BCUT2D eigenvalue weighted by Crippen LogP contribution is -2.38. The third-order valence-corrected chi connectivity index (χ3v) is 1.76. The molecule has 0 aliphatic carbocycles. The van der Waals surface area contributed by atoms with Gasteiger partial charge in [0.25, 0.3) is 0 Å². The molecule has 1 aromatic rings. The second-order valence-electron chi connectivity index (χ2n) is 2.94. The molecule has 3 N–H and O–H groups in total. The summed E-state index contributed by atoms with van der Waals surface area (Å²) in [5.74, 6) is 0. The van der Waals surface area contributed by atoms with Gasteiger partial charge in [-0.3, -0.25) is 0 Å². The monoisotopic (exact) mass is 169 g/mol. The molecule has 0 bridgehead atoms. The fourth-order valence-electron chi connectivity index (χ4n) is 0.890. The lowest BCUT2D eigenvalue weighted by Gasteiger charge is -2.20. The Labute approximate surface area is 71.0 Å². The van der Waals surface area contributed by atoms with Gasteiger partial charge in [0, 0.05) is 17.7 Å². The fraction of sp³-hybridized carbons (Fsp3) is 0.375. The third kappa shape index (κ3) is 1.79. The highest BCUT2D eigenvalue weighted by Gasteiger charge is 2.21. The summed E-state index contributed by atoms with van der Waals surface area (Å²) in [7, 11) is 1.88. The Morgan fingerprint density at radius 1 is 1.42 bits per heavy atom. The molecule has 0 aliphatic rings. The fourth-order valence-corrected chi connectivity index (χ4v) is 0.890. The first-order valence-corrected chi connectivity index (χ1v) is 3.65. The molecule has 0 aliphatic heterocycles. The van der Waals surface area contributed by atoms with Gasteiger partial charge in [-0.25, -0.2) is 4.57 Å². The predicted octanol–water partition coefficient (Wildman–Crippen LogP) is -0.345. The van der Waals surface area contributed by atoms with E-state index in [-0.39, 0.29) is 0 Å². The maximum atomic E-state index is 9.52. The number of rotatable bonds is 2. The highest BCUT2D eigenvalue weighted by molar-refractivity contribution is 5.14. The highest BCUT2D eigenvalue weighted by Crippen LogP contribution is 2.13. The lowest BCUT2D eigenvalue weighted by atomic mass is 10.1. The lowest BCUT2D eigenvalue weighted by molar-refractivity contribution is -0.671. The third-order valence-electron chi connectivity index (χ3n) is 1.76. The van der Waals surface area contributed by atoms with Gasteiger partial charge >= 0.3 is 0 Å². The number of hydrogen-bond donors (Lipinski definition) is 3. The molecule has 1 rings (SSSR count). The van der Waals surface area contributed by atoms with E-state index in [0.29, 0.717) is 5.56 Å². The topological polar surface area (TPSA) is 56.4 Å². The SMILES string of the molecule is C[n+]1ccc(C(C)(O)NO)cc1. The van der Waals surface area contributed by atoms with E-state index in [1.54, 1.807) is 24.5 Å². The summed E-state index contributed by atoms with van der Waals surface area (Å²) < 4.78 is 1.84. The molecule has 0 amide bonds. The first-order chi connectivity index (χ1) is 5.56. The van der Waals surface area contributed by atoms with Crippen LogP contribution in [0.2, 0.25) is 0 Å². The van der Waals surface area contributed by atoms with E-state index in [0.717, 1.165) is 0 Å². The van der Waals surface area contributed by atoms with Crippen molar-refractivity contribution >= 4 is 0 Å². The van der Waals surface area contributed by atoms with Crippen molar-refractivity contribution in [3.63, 3.8) is 0 Å². The minimum atomic E-state index is -1.38. The molecule has 4 heteroatoms. The largest absolute Gasteiger partial charge is 0.370 e. The first kappa shape index (κ1) is 9.12. The number of nitrogens with one attached hydrogen (secondary N) is 1. The van der Waals surface area contributed by atoms with Gasteiger partial charge in [0.1, 0.15) is 7.05 Å². The number of aliphatic hydroxyl groups is 1. The van der Waals surface area contributed by atoms with E-state index in [1.807, 2.05) is 17.1 Å². The van der Waals surface area contributed by atoms with Crippen molar-refractivity contribution in [2.24, 2.45) is 7.05 Å². The van der Waals surface area contributed by atoms with Gasteiger partial charge in [0.05, 0.1) is 0 Å². The molecule has 0 spiro atoms. The number of pyridine rings is 1. The Hall–Kier alpha value is -0.970. The van der Waals surface area contributed by atoms with Gasteiger partial charge in [-0.15, -0.1) is 0 Å². The Kier molecular flexibility index (Phi) is 2.42. The van der Waals surface area contributed by atoms with Crippen LogP contribution in [0.25, 0.3) is 0 Å². The molecular formula is C8H13N2O2+. The van der Waals surface area contributed by atoms with Gasteiger partial charge < -0.3 is 10.3 Å². The van der Waals surface area contributed by atoms with Gasteiger partial charge in [-0.2, -0.15) is 5.48 Å². The van der Waals surface area contributed by atoms with E-state index >= 15 is 0 Å². The zero-order chi connectivity index (χ0) is 9.19. The van der Waals surface area contributed by atoms with Crippen molar-refractivity contribution in [3.8, 4) is 0 Å². The Bertz CT molecular complexity index is 256. The molecule has 0 saturated heterocycles. The van der Waals surface area contributed by atoms with Gasteiger partial charge in [-0.1, -0.05) is 0 Å². The standard InChI is InChI=1S/C8H13N2O2/c1-8(11,9-12)7-3-5-10(2)6-4-7/h3-6,9,11-12H,1-2H3/q+1. The molecule has 0 aromatic carbocycles. The minimum absolute atomic E-state index is 0.614. The number of aromatic nitrogens is 1. The van der Waals surface area contributed by atoms with Gasteiger partial charge in [0.2, 0.25) is 0 Å². The Morgan fingerprint density at radius 3 is 2.33 bits per heavy atom. The minimum Gasteiger partial charge on any atom is -0.370 e. The number of hydrogen-bond acceptors (Lipinski definition) is 3. The first-order valence-electron chi connectivity index (χ1n) is 3.65. The summed E-state index contributed by atoms with van der Waals surface area (Å²) >= 11 is 0. The van der Waals surface area contributed by atoms with Crippen molar-refractivity contribution in [1.29, 1.82) is 0 Å². The zero-order valence-corrected chi connectivity index (χ0v) is 7.15. The highest BCUT2D eigenvalue weighted by atomic mass is 16.5. The van der Waals surface area contributed by atoms with Crippen LogP contribution in [0.4, 0.5) is 0 Å². The van der Waals surface area contributed by atoms with Crippen LogP contribution < -0.4 is 10.0 Å². The van der Waals surface area contributed by atoms with Crippen LogP contribution in [-0.2, 0) is 12.8 Å². The molecule has 0 fully saturated rings. The smallest absolute Gasteiger partial charge is 0.168 e. The van der Waals surface area contributed by atoms with Crippen LogP contribution in [-0.4, -0.2) is 10.3 Å². The summed E-state index contributed by atoms with van der Waals surface area (Å²) in [5, 5.41) is 18.1. The molecule has 12 heavy (non-hydrogen) atoms. The average Bonchev–Trinajstić information content (AvgIpc) is 2.05. The van der Waals surface area contributed by atoms with Crippen LogP contribution in [0, 0.1) is 0 Å². The molecule has 4 nitrogen and oxygen atoms in total. The van der Waals surface area contributed by atoms with Crippen LogP contribution >= 0.6 is 0 Å². The summed E-state index contributed by atoms with van der Waals surface area (Å²) in [5.41, 5.74) is 1.06. The molecular weight excluding hydrogens is 156 g/mol.